The van der Waals surface area contributed by atoms with Gasteiger partial charge in [0.15, 0.2) is 0 Å². The summed E-state index contributed by atoms with van der Waals surface area (Å²) in [4.78, 5) is 20.4. The molecule has 0 bridgehead atoms. The Kier molecular flexibility index (Phi) is 4.44. The first-order valence-corrected chi connectivity index (χ1v) is 8.79. The molecule has 5 nitrogen and oxygen atoms in total. The Labute approximate surface area is 152 Å². The summed E-state index contributed by atoms with van der Waals surface area (Å²) >= 11 is 0. The molecule has 3 aromatic rings. The largest absolute Gasteiger partial charge is 0.453 e. The highest BCUT2D eigenvalue weighted by molar-refractivity contribution is 5.86. The second kappa shape index (κ2) is 7.04. The van der Waals surface area contributed by atoms with Crippen molar-refractivity contribution in [3.8, 4) is 11.3 Å². The van der Waals surface area contributed by atoms with Crippen LogP contribution in [0.25, 0.3) is 22.0 Å². The van der Waals surface area contributed by atoms with Crippen molar-refractivity contribution in [3.63, 3.8) is 0 Å². The minimum absolute atomic E-state index is 0.262. The van der Waals surface area contributed by atoms with Crippen molar-refractivity contribution >= 4 is 22.7 Å². The van der Waals surface area contributed by atoms with Crippen LogP contribution in [0.5, 0.6) is 0 Å². The van der Waals surface area contributed by atoms with Gasteiger partial charge in [-0.25, -0.2) is 9.78 Å². The van der Waals surface area contributed by atoms with Crippen molar-refractivity contribution in [2.75, 3.05) is 38.2 Å². The van der Waals surface area contributed by atoms with Crippen molar-refractivity contribution in [2.24, 2.45) is 0 Å². The summed E-state index contributed by atoms with van der Waals surface area (Å²) in [6.45, 7) is 2.80. The van der Waals surface area contributed by atoms with Gasteiger partial charge in [-0.05, 0) is 29.0 Å². The van der Waals surface area contributed by atoms with Gasteiger partial charge in [-0.2, -0.15) is 0 Å². The molecular formula is C21H21N3O2. The fourth-order valence-corrected chi connectivity index (χ4v) is 3.36. The summed E-state index contributed by atoms with van der Waals surface area (Å²) in [5.41, 5.74) is 2.07. The number of anilines is 1. The molecule has 2 aromatic carbocycles. The Morgan fingerprint density at radius 2 is 1.69 bits per heavy atom. The lowest BCUT2D eigenvalue weighted by Crippen LogP contribution is -2.49. The van der Waals surface area contributed by atoms with Crippen LogP contribution in [-0.2, 0) is 4.74 Å². The third kappa shape index (κ3) is 3.20. The fourth-order valence-electron chi connectivity index (χ4n) is 3.36. The number of methoxy groups -OCH3 is 1. The van der Waals surface area contributed by atoms with Gasteiger partial charge in [0.2, 0.25) is 0 Å². The molecule has 1 amide bonds. The normalized spacial score (nSPS) is 14.5. The van der Waals surface area contributed by atoms with Gasteiger partial charge in [-0.15, -0.1) is 0 Å². The van der Waals surface area contributed by atoms with Crippen molar-refractivity contribution in [1.29, 1.82) is 0 Å². The molecule has 1 aliphatic rings. The molecule has 0 radical (unpaired) electrons. The van der Waals surface area contributed by atoms with E-state index in [0.717, 1.165) is 30.2 Å². The first-order chi connectivity index (χ1) is 12.7. The topological polar surface area (TPSA) is 45.7 Å². The Balaban J connectivity index is 1.56. The molecule has 26 heavy (non-hydrogen) atoms. The molecule has 1 saturated heterocycles. The maximum Gasteiger partial charge on any atom is 0.409 e. The molecule has 4 rings (SSSR count). The van der Waals surface area contributed by atoms with Gasteiger partial charge in [0.25, 0.3) is 0 Å². The minimum Gasteiger partial charge on any atom is -0.453 e. The van der Waals surface area contributed by atoms with Crippen LogP contribution < -0.4 is 4.90 Å². The zero-order chi connectivity index (χ0) is 17.9. The fraction of sp³-hybridized carbons (Fsp3) is 0.238. The highest BCUT2D eigenvalue weighted by atomic mass is 16.5. The van der Waals surface area contributed by atoms with E-state index in [1.54, 1.807) is 4.90 Å². The van der Waals surface area contributed by atoms with Crippen LogP contribution in [0.1, 0.15) is 0 Å². The molecule has 0 unspecified atom stereocenters. The number of carbonyl (C=O) groups is 1. The Bertz CT molecular complexity index is 933. The van der Waals surface area contributed by atoms with Crippen molar-refractivity contribution in [2.45, 2.75) is 0 Å². The van der Waals surface area contributed by atoms with E-state index in [9.17, 15) is 4.79 Å². The number of rotatable bonds is 2. The number of amides is 1. The smallest absolute Gasteiger partial charge is 0.409 e. The Morgan fingerprint density at radius 3 is 2.46 bits per heavy atom. The third-order valence-electron chi connectivity index (χ3n) is 4.82. The molecular weight excluding hydrogens is 326 g/mol. The van der Waals surface area contributed by atoms with Gasteiger partial charge in [-0.1, -0.05) is 42.5 Å². The van der Waals surface area contributed by atoms with Gasteiger partial charge >= 0.3 is 6.09 Å². The molecule has 0 N–H and O–H groups in total. The molecule has 132 valence electrons. The number of piperazine rings is 1. The Hall–Kier alpha value is -3.08. The number of ether oxygens (including phenoxy) is 1. The molecule has 0 spiro atoms. The van der Waals surface area contributed by atoms with E-state index in [4.69, 9.17) is 9.72 Å². The van der Waals surface area contributed by atoms with E-state index in [2.05, 4.69) is 47.4 Å². The van der Waals surface area contributed by atoms with E-state index in [1.807, 2.05) is 18.2 Å². The van der Waals surface area contributed by atoms with E-state index < -0.39 is 0 Å². The number of nitrogens with zero attached hydrogens (tertiary/aromatic N) is 3. The van der Waals surface area contributed by atoms with Crippen LogP contribution in [-0.4, -0.2) is 49.3 Å². The zero-order valence-corrected chi connectivity index (χ0v) is 14.8. The molecule has 0 saturated carbocycles. The minimum atomic E-state index is -0.262. The SMILES string of the molecule is COC(=O)N1CCN(c2cccc(-c3ccc4ccccc4c3)n2)CC1. The van der Waals surface area contributed by atoms with Crippen LogP contribution in [0, 0.1) is 0 Å². The standard InChI is InChI=1S/C21H21N3O2/c1-26-21(25)24-13-11-23(12-14-24)20-8-4-7-19(22-20)18-10-9-16-5-2-3-6-17(16)15-18/h2-10,15H,11-14H2,1H3. The van der Waals surface area contributed by atoms with Gasteiger partial charge in [0.1, 0.15) is 5.82 Å². The van der Waals surface area contributed by atoms with E-state index in [1.165, 1.54) is 17.9 Å². The lowest BCUT2D eigenvalue weighted by molar-refractivity contribution is 0.121. The first-order valence-electron chi connectivity index (χ1n) is 8.79. The lowest BCUT2D eigenvalue weighted by Gasteiger charge is -2.34. The first kappa shape index (κ1) is 16.4. The maximum atomic E-state index is 11.6. The molecule has 1 aliphatic heterocycles. The molecule has 0 aliphatic carbocycles. The number of aromatic nitrogens is 1. The highest BCUT2D eigenvalue weighted by Crippen LogP contribution is 2.25. The quantitative estimate of drug-likeness (QED) is 0.707. The number of benzene rings is 2. The maximum absolute atomic E-state index is 11.6. The third-order valence-corrected chi connectivity index (χ3v) is 4.82. The van der Waals surface area contributed by atoms with Crippen LogP contribution in [0.15, 0.2) is 60.7 Å². The summed E-state index contributed by atoms with van der Waals surface area (Å²) in [7, 11) is 1.42. The second-order valence-electron chi connectivity index (χ2n) is 6.39. The van der Waals surface area contributed by atoms with Crippen molar-refractivity contribution in [1.82, 2.24) is 9.88 Å². The van der Waals surface area contributed by atoms with Crippen molar-refractivity contribution in [3.05, 3.63) is 60.7 Å². The van der Waals surface area contributed by atoms with Gasteiger partial charge in [-0.3, -0.25) is 0 Å². The average molecular weight is 347 g/mol. The molecule has 1 fully saturated rings. The summed E-state index contributed by atoms with van der Waals surface area (Å²) in [6.07, 6.45) is -0.262. The number of fused-ring (bicyclic) bond motifs is 1. The molecule has 0 atom stereocenters. The molecule has 1 aromatic heterocycles. The number of carbonyl (C=O) groups excluding carboxylic acids is 1. The van der Waals surface area contributed by atoms with Gasteiger partial charge < -0.3 is 14.5 Å². The van der Waals surface area contributed by atoms with Crippen LogP contribution in [0.3, 0.4) is 0 Å². The van der Waals surface area contributed by atoms with Crippen LogP contribution in [0.2, 0.25) is 0 Å². The summed E-state index contributed by atoms with van der Waals surface area (Å²) in [5, 5.41) is 2.44. The molecule has 2 heterocycles. The predicted molar refractivity (Wildman–Crippen MR) is 103 cm³/mol. The van der Waals surface area contributed by atoms with Gasteiger partial charge in [0, 0.05) is 31.7 Å². The zero-order valence-electron chi connectivity index (χ0n) is 14.8. The summed E-state index contributed by atoms with van der Waals surface area (Å²) < 4.78 is 4.80. The van der Waals surface area contributed by atoms with Crippen LogP contribution in [0.4, 0.5) is 10.6 Å². The lowest BCUT2D eigenvalue weighted by atomic mass is 10.0. The van der Waals surface area contributed by atoms with Gasteiger partial charge in [0.05, 0.1) is 12.8 Å². The monoisotopic (exact) mass is 347 g/mol. The Morgan fingerprint density at radius 1 is 0.923 bits per heavy atom. The van der Waals surface area contributed by atoms with E-state index in [-0.39, 0.29) is 6.09 Å². The molecule has 5 heteroatoms. The number of pyridine rings is 1. The number of hydrogen-bond acceptors (Lipinski definition) is 4. The average Bonchev–Trinajstić information content (AvgIpc) is 2.73. The van der Waals surface area contributed by atoms with E-state index >= 15 is 0 Å². The van der Waals surface area contributed by atoms with Crippen molar-refractivity contribution < 1.29 is 9.53 Å². The highest BCUT2D eigenvalue weighted by Gasteiger charge is 2.22. The summed E-state index contributed by atoms with van der Waals surface area (Å²) in [5.74, 6) is 0.945. The number of hydrogen-bond donors (Lipinski definition) is 0. The summed E-state index contributed by atoms with van der Waals surface area (Å²) in [6, 6.07) is 20.9. The van der Waals surface area contributed by atoms with Crippen LogP contribution >= 0.6 is 0 Å². The van der Waals surface area contributed by atoms with E-state index in [0.29, 0.717) is 13.1 Å². The second-order valence-corrected chi connectivity index (χ2v) is 6.39. The predicted octanol–water partition coefficient (Wildman–Crippen LogP) is 3.79.